The number of rotatable bonds is 8. The fraction of sp³-hybridized carbons (Fsp3) is 0.412. The minimum atomic E-state index is -0.782. The van der Waals surface area contributed by atoms with E-state index in [-0.39, 0.29) is 18.2 Å². The van der Waals surface area contributed by atoms with Gasteiger partial charge in [-0.15, -0.1) is 0 Å². The standard InChI is InChI=1S/C17H22N4O5/c1-11(9-25-2)19-15(22)10-26-17(24)13-8-14(16(18)23)21(20-13)12-6-4-3-5-7-12/h3-7,11,14H,8-10H2,1-2H3,(H2,18,23)(H,19,22). The van der Waals surface area contributed by atoms with Crippen LogP contribution < -0.4 is 16.1 Å². The van der Waals surface area contributed by atoms with Crippen molar-refractivity contribution < 1.29 is 23.9 Å². The Balaban J connectivity index is 1.98. The summed E-state index contributed by atoms with van der Waals surface area (Å²) in [6, 6.07) is 7.89. The molecule has 2 atom stereocenters. The molecule has 1 heterocycles. The number of hydrogen-bond donors (Lipinski definition) is 2. The van der Waals surface area contributed by atoms with E-state index in [2.05, 4.69) is 10.4 Å². The van der Waals surface area contributed by atoms with Gasteiger partial charge in [0.1, 0.15) is 11.8 Å². The number of carbonyl (C=O) groups excluding carboxylic acids is 3. The van der Waals surface area contributed by atoms with Gasteiger partial charge >= 0.3 is 5.97 Å². The first-order valence-corrected chi connectivity index (χ1v) is 8.09. The second kappa shape index (κ2) is 8.95. The summed E-state index contributed by atoms with van der Waals surface area (Å²) in [7, 11) is 1.52. The van der Waals surface area contributed by atoms with Crippen LogP contribution in [0.2, 0.25) is 0 Å². The molecule has 0 radical (unpaired) electrons. The Bertz CT molecular complexity index is 692. The summed E-state index contributed by atoms with van der Waals surface area (Å²) < 4.78 is 9.89. The molecule has 0 aliphatic carbocycles. The van der Waals surface area contributed by atoms with Crippen LogP contribution in [0.15, 0.2) is 35.4 Å². The molecule has 1 aromatic carbocycles. The molecule has 3 N–H and O–H groups in total. The zero-order valence-corrected chi connectivity index (χ0v) is 14.7. The first-order valence-electron chi connectivity index (χ1n) is 8.09. The van der Waals surface area contributed by atoms with Crippen LogP contribution in [0.5, 0.6) is 0 Å². The molecule has 1 aliphatic rings. The number of benzene rings is 1. The number of amides is 2. The molecular formula is C17H22N4O5. The lowest BCUT2D eigenvalue weighted by Crippen LogP contribution is -2.40. The topological polar surface area (TPSA) is 123 Å². The molecule has 1 aromatic rings. The first-order chi connectivity index (χ1) is 12.4. The van der Waals surface area contributed by atoms with Crippen molar-refractivity contribution in [2.75, 3.05) is 25.3 Å². The third-order valence-electron chi connectivity index (χ3n) is 3.65. The third kappa shape index (κ3) is 5.03. The van der Waals surface area contributed by atoms with Crippen molar-refractivity contribution in [3.8, 4) is 0 Å². The van der Waals surface area contributed by atoms with Gasteiger partial charge < -0.3 is 20.5 Å². The highest BCUT2D eigenvalue weighted by Gasteiger charge is 2.35. The molecule has 0 saturated carbocycles. The first kappa shape index (κ1) is 19.4. The number of para-hydroxylation sites is 1. The normalized spacial score (nSPS) is 17.4. The Hall–Kier alpha value is -2.94. The quantitative estimate of drug-likeness (QED) is 0.618. The van der Waals surface area contributed by atoms with Gasteiger partial charge in [-0.3, -0.25) is 14.6 Å². The van der Waals surface area contributed by atoms with Crippen molar-refractivity contribution >= 4 is 29.2 Å². The van der Waals surface area contributed by atoms with E-state index in [0.29, 0.717) is 12.3 Å². The van der Waals surface area contributed by atoms with E-state index >= 15 is 0 Å². The van der Waals surface area contributed by atoms with Gasteiger partial charge in [0.25, 0.3) is 5.91 Å². The van der Waals surface area contributed by atoms with E-state index in [1.165, 1.54) is 12.1 Å². The number of carbonyl (C=O) groups is 3. The predicted molar refractivity (Wildman–Crippen MR) is 94.4 cm³/mol. The molecule has 1 aliphatic heterocycles. The van der Waals surface area contributed by atoms with Crippen molar-refractivity contribution in [1.29, 1.82) is 0 Å². The Labute approximate surface area is 151 Å². The van der Waals surface area contributed by atoms with Crippen LogP contribution in [-0.4, -0.2) is 55.9 Å². The maximum atomic E-state index is 12.2. The van der Waals surface area contributed by atoms with Crippen LogP contribution in [0.3, 0.4) is 0 Å². The van der Waals surface area contributed by atoms with Gasteiger partial charge in [-0.1, -0.05) is 18.2 Å². The Morgan fingerprint density at radius 1 is 1.35 bits per heavy atom. The Kier molecular flexibility index (Phi) is 6.67. The average Bonchev–Trinajstić information content (AvgIpc) is 3.06. The van der Waals surface area contributed by atoms with E-state index in [0.717, 1.165) is 0 Å². The van der Waals surface area contributed by atoms with Gasteiger partial charge in [0.15, 0.2) is 6.61 Å². The average molecular weight is 362 g/mol. The fourth-order valence-corrected chi connectivity index (χ4v) is 2.50. The van der Waals surface area contributed by atoms with Crippen LogP contribution in [0.4, 0.5) is 5.69 Å². The van der Waals surface area contributed by atoms with Crippen LogP contribution in [-0.2, 0) is 23.9 Å². The molecule has 2 amide bonds. The van der Waals surface area contributed by atoms with Crippen molar-refractivity contribution in [3.63, 3.8) is 0 Å². The molecule has 0 aromatic heterocycles. The zero-order valence-electron chi connectivity index (χ0n) is 14.7. The lowest BCUT2D eigenvalue weighted by Gasteiger charge is -2.20. The van der Waals surface area contributed by atoms with Crippen LogP contribution in [0, 0.1) is 0 Å². The lowest BCUT2D eigenvalue weighted by atomic mass is 10.1. The Morgan fingerprint density at radius 3 is 2.65 bits per heavy atom. The number of ether oxygens (including phenoxy) is 2. The second-order valence-corrected chi connectivity index (χ2v) is 5.85. The minimum absolute atomic E-state index is 0.0186. The smallest absolute Gasteiger partial charge is 0.355 e. The number of primary amides is 1. The number of hydrogen-bond acceptors (Lipinski definition) is 7. The van der Waals surface area contributed by atoms with Crippen LogP contribution >= 0.6 is 0 Å². The molecule has 0 spiro atoms. The summed E-state index contributed by atoms with van der Waals surface area (Å²) in [5.74, 6) is -1.82. The molecule has 140 valence electrons. The number of hydrazone groups is 1. The monoisotopic (exact) mass is 362 g/mol. The number of anilines is 1. The molecule has 26 heavy (non-hydrogen) atoms. The van der Waals surface area contributed by atoms with E-state index in [1.54, 1.807) is 31.2 Å². The molecule has 2 unspecified atom stereocenters. The highest BCUT2D eigenvalue weighted by molar-refractivity contribution is 6.38. The van der Waals surface area contributed by atoms with Gasteiger partial charge in [0.2, 0.25) is 5.91 Å². The molecular weight excluding hydrogens is 340 g/mol. The van der Waals surface area contributed by atoms with E-state index in [9.17, 15) is 14.4 Å². The van der Waals surface area contributed by atoms with Gasteiger partial charge in [-0.2, -0.15) is 5.10 Å². The third-order valence-corrected chi connectivity index (χ3v) is 3.65. The van der Waals surface area contributed by atoms with Crippen molar-refractivity contribution in [3.05, 3.63) is 30.3 Å². The number of nitrogens with one attached hydrogen (secondary N) is 1. The minimum Gasteiger partial charge on any atom is -0.451 e. The number of methoxy groups -OCH3 is 1. The van der Waals surface area contributed by atoms with Gasteiger partial charge in [-0.25, -0.2) is 4.79 Å². The number of nitrogens with two attached hydrogens (primary N) is 1. The largest absolute Gasteiger partial charge is 0.451 e. The second-order valence-electron chi connectivity index (χ2n) is 5.85. The van der Waals surface area contributed by atoms with Crippen LogP contribution in [0.25, 0.3) is 0 Å². The lowest BCUT2D eigenvalue weighted by molar-refractivity contribution is -0.142. The summed E-state index contributed by atoms with van der Waals surface area (Å²) in [4.78, 5) is 35.6. The summed E-state index contributed by atoms with van der Waals surface area (Å²) in [5.41, 5.74) is 6.08. The van der Waals surface area contributed by atoms with Crippen LogP contribution in [0.1, 0.15) is 13.3 Å². The number of esters is 1. The van der Waals surface area contributed by atoms with E-state index in [4.69, 9.17) is 15.2 Å². The SMILES string of the molecule is COCC(C)NC(=O)COC(=O)C1=NN(c2ccccc2)C(C(N)=O)C1. The maximum absolute atomic E-state index is 12.2. The summed E-state index contributed by atoms with van der Waals surface area (Å²) in [5, 5.41) is 8.16. The summed E-state index contributed by atoms with van der Waals surface area (Å²) >= 11 is 0. The predicted octanol–water partition coefficient (Wildman–Crippen LogP) is -0.199. The highest BCUT2D eigenvalue weighted by atomic mass is 16.5. The van der Waals surface area contributed by atoms with Gasteiger partial charge in [0, 0.05) is 19.6 Å². The maximum Gasteiger partial charge on any atom is 0.355 e. The molecule has 2 rings (SSSR count). The molecule has 9 nitrogen and oxygen atoms in total. The fourth-order valence-electron chi connectivity index (χ4n) is 2.50. The Morgan fingerprint density at radius 2 is 2.04 bits per heavy atom. The van der Waals surface area contributed by atoms with Gasteiger partial charge in [-0.05, 0) is 19.1 Å². The number of nitrogens with zero attached hydrogens (tertiary/aromatic N) is 2. The molecule has 0 fully saturated rings. The van der Waals surface area contributed by atoms with Crippen molar-refractivity contribution in [1.82, 2.24) is 5.32 Å². The van der Waals surface area contributed by atoms with Gasteiger partial charge in [0.05, 0.1) is 12.3 Å². The van der Waals surface area contributed by atoms with E-state index in [1.807, 2.05) is 6.07 Å². The highest BCUT2D eigenvalue weighted by Crippen LogP contribution is 2.24. The van der Waals surface area contributed by atoms with Crippen molar-refractivity contribution in [2.24, 2.45) is 10.8 Å². The summed E-state index contributed by atoms with van der Waals surface area (Å²) in [6.07, 6.45) is 0.0186. The zero-order chi connectivity index (χ0) is 19.1. The molecule has 0 saturated heterocycles. The van der Waals surface area contributed by atoms with Crippen molar-refractivity contribution in [2.45, 2.75) is 25.4 Å². The molecule has 0 bridgehead atoms. The molecule has 9 heteroatoms. The van der Waals surface area contributed by atoms with E-state index < -0.39 is 30.4 Å². The summed E-state index contributed by atoms with van der Waals surface area (Å²) in [6.45, 7) is 1.66.